The number of guanidine groups is 1. The molecule has 0 bridgehead atoms. The van der Waals surface area contributed by atoms with Gasteiger partial charge in [-0.05, 0) is 44.7 Å². The Morgan fingerprint density at radius 1 is 1.30 bits per heavy atom. The molecule has 1 aromatic rings. The topological polar surface area (TPSA) is 75.2 Å². The molecular formula is C23H36N4O3. The van der Waals surface area contributed by atoms with Crippen LogP contribution in [-0.2, 0) is 16.1 Å². The van der Waals surface area contributed by atoms with Gasteiger partial charge in [-0.1, -0.05) is 12.1 Å². The Morgan fingerprint density at radius 3 is 2.90 bits per heavy atom. The maximum atomic E-state index is 12.5. The maximum Gasteiger partial charge on any atom is 0.224 e. The predicted molar refractivity (Wildman–Crippen MR) is 119 cm³/mol. The summed E-state index contributed by atoms with van der Waals surface area (Å²) < 4.78 is 11.6. The van der Waals surface area contributed by atoms with Crippen LogP contribution in [0.2, 0.25) is 0 Å². The van der Waals surface area contributed by atoms with Gasteiger partial charge in [0.15, 0.2) is 5.96 Å². The van der Waals surface area contributed by atoms with Crippen molar-refractivity contribution in [1.82, 2.24) is 15.5 Å². The standard InChI is InChI=1S/C23H36N4O3/c1-17-7-8-19(21(14-17)30-20-10-13-29-16-20)15-26-23(24-3)25-11-9-22(28)27-12-5-4-6-18(27)2/h7-8,14,18,20H,4-6,9-13,15-16H2,1-3H3,(H2,24,25,26). The van der Waals surface area contributed by atoms with E-state index in [9.17, 15) is 4.79 Å². The molecule has 2 aliphatic heterocycles. The second kappa shape index (κ2) is 11.2. The van der Waals surface area contributed by atoms with E-state index in [1.54, 1.807) is 7.05 Å². The van der Waals surface area contributed by atoms with Crippen molar-refractivity contribution in [2.45, 2.75) is 64.6 Å². The quantitative estimate of drug-likeness (QED) is 0.528. The van der Waals surface area contributed by atoms with Crippen LogP contribution in [0, 0.1) is 6.92 Å². The van der Waals surface area contributed by atoms with Crippen molar-refractivity contribution in [3.05, 3.63) is 29.3 Å². The average Bonchev–Trinajstić information content (AvgIpc) is 3.25. The summed E-state index contributed by atoms with van der Waals surface area (Å²) in [6.45, 7) is 7.66. The van der Waals surface area contributed by atoms with Crippen LogP contribution in [0.1, 0.15) is 50.2 Å². The summed E-state index contributed by atoms with van der Waals surface area (Å²) in [6, 6.07) is 6.60. The molecule has 3 rings (SSSR count). The number of carbonyl (C=O) groups excluding carboxylic acids is 1. The van der Waals surface area contributed by atoms with E-state index in [1.807, 2.05) is 4.90 Å². The van der Waals surface area contributed by atoms with Gasteiger partial charge in [-0.25, -0.2) is 0 Å². The number of hydrogen-bond acceptors (Lipinski definition) is 4. The van der Waals surface area contributed by atoms with Crippen molar-refractivity contribution < 1.29 is 14.3 Å². The highest BCUT2D eigenvalue weighted by Crippen LogP contribution is 2.24. The molecule has 0 radical (unpaired) electrons. The van der Waals surface area contributed by atoms with Crippen LogP contribution in [0.4, 0.5) is 0 Å². The molecule has 0 spiro atoms. The van der Waals surface area contributed by atoms with Gasteiger partial charge in [0.25, 0.3) is 0 Å². The van der Waals surface area contributed by atoms with Crippen LogP contribution in [0.5, 0.6) is 5.75 Å². The summed E-state index contributed by atoms with van der Waals surface area (Å²) in [5.74, 6) is 1.80. The van der Waals surface area contributed by atoms with E-state index >= 15 is 0 Å². The smallest absolute Gasteiger partial charge is 0.224 e. The molecule has 30 heavy (non-hydrogen) atoms. The van der Waals surface area contributed by atoms with Crippen LogP contribution in [0.15, 0.2) is 23.2 Å². The number of hydrogen-bond donors (Lipinski definition) is 2. The van der Waals surface area contributed by atoms with Gasteiger partial charge in [0.05, 0.1) is 13.2 Å². The zero-order chi connectivity index (χ0) is 21.3. The minimum absolute atomic E-state index is 0.117. The Bertz CT molecular complexity index is 731. The number of amides is 1. The lowest BCUT2D eigenvalue weighted by Crippen LogP contribution is -2.44. The number of nitrogens with zero attached hydrogens (tertiary/aromatic N) is 2. The number of likely N-dealkylation sites (tertiary alicyclic amines) is 1. The van der Waals surface area contributed by atoms with Crippen molar-refractivity contribution in [1.29, 1.82) is 0 Å². The van der Waals surface area contributed by atoms with Gasteiger partial charge in [-0.3, -0.25) is 9.79 Å². The predicted octanol–water partition coefficient (Wildman–Crippen LogP) is 2.62. The Balaban J connectivity index is 1.47. The fraction of sp³-hybridized carbons (Fsp3) is 0.652. The fourth-order valence-electron chi connectivity index (χ4n) is 4.00. The monoisotopic (exact) mass is 416 g/mol. The summed E-state index contributed by atoms with van der Waals surface area (Å²) in [6.07, 6.45) is 4.96. The maximum absolute atomic E-state index is 12.5. The van der Waals surface area contributed by atoms with Crippen LogP contribution >= 0.6 is 0 Å². The lowest BCUT2D eigenvalue weighted by atomic mass is 10.0. The third kappa shape index (κ3) is 6.36. The molecule has 2 saturated heterocycles. The first-order valence-electron chi connectivity index (χ1n) is 11.1. The normalized spacial score (nSPS) is 22.1. The van der Waals surface area contributed by atoms with Crippen molar-refractivity contribution in [2.24, 2.45) is 4.99 Å². The van der Waals surface area contributed by atoms with Crippen molar-refractivity contribution in [3.8, 4) is 5.75 Å². The Morgan fingerprint density at radius 2 is 2.17 bits per heavy atom. The van der Waals surface area contributed by atoms with Crippen LogP contribution in [0.3, 0.4) is 0 Å². The summed E-state index contributed by atoms with van der Waals surface area (Å²) in [4.78, 5) is 18.8. The number of nitrogens with one attached hydrogen (secondary N) is 2. The molecule has 2 unspecified atom stereocenters. The first kappa shape index (κ1) is 22.4. The first-order valence-corrected chi connectivity index (χ1v) is 11.1. The number of carbonyl (C=O) groups is 1. The summed E-state index contributed by atoms with van der Waals surface area (Å²) in [7, 11) is 1.74. The fourth-order valence-corrected chi connectivity index (χ4v) is 4.00. The Labute approximate surface area is 180 Å². The highest BCUT2D eigenvalue weighted by Gasteiger charge is 2.22. The van der Waals surface area contributed by atoms with E-state index in [0.717, 1.165) is 43.7 Å². The molecule has 0 saturated carbocycles. The van der Waals surface area contributed by atoms with Crippen LogP contribution in [-0.4, -0.2) is 62.3 Å². The van der Waals surface area contributed by atoms with Gasteiger partial charge >= 0.3 is 0 Å². The minimum Gasteiger partial charge on any atom is -0.488 e. The van der Waals surface area contributed by atoms with Crippen molar-refractivity contribution in [3.63, 3.8) is 0 Å². The molecule has 0 aliphatic carbocycles. The summed E-state index contributed by atoms with van der Waals surface area (Å²) in [5.41, 5.74) is 2.24. The van der Waals surface area contributed by atoms with E-state index in [1.165, 1.54) is 12.0 Å². The highest BCUT2D eigenvalue weighted by molar-refractivity contribution is 5.81. The van der Waals surface area contributed by atoms with Crippen LogP contribution in [0.25, 0.3) is 0 Å². The molecule has 2 N–H and O–H groups in total. The number of rotatable bonds is 7. The van der Waals surface area contributed by atoms with E-state index < -0.39 is 0 Å². The molecular weight excluding hydrogens is 380 g/mol. The summed E-state index contributed by atoms with van der Waals surface area (Å²) in [5, 5.41) is 6.59. The number of benzene rings is 1. The SMILES string of the molecule is CN=C(NCCC(=O)N1CCCCC1C)NCc1ccc(C)cc1OC1CCOC1. The summed E-state index contributed by atoms with van der Waals surface area (Å²) >= 11 is 0. The molecule has 2 heterocycles. The Hall–Kier alpha value is -2.28. The van der Waals surface area contributed by atoms with Gasteiger partial charge < -0.3 is 25.0 Å². The molecule has 7 nitrogen and oxygen atoms in total. The second-order valence-corrected chi connectivity index (χ2v) is 8.25. The zero-order valence-corrected chi connectivity index (χ0v) is 18.6. The van der Waals surface area contributed by atoms with Crippen molar-refractivity contribution >= 4 is 11.9 Å². The molecule has 166 valence electrons. The van der Waals surface area contributed by atoms with Crippen molar-refractivity contribution in [2.75, 3.05) is 33.4 Å². The van der Waals surface area contributed by atoms with Crippen LogP contribution < -0.4 is 15.4 Å². The zero-order valence-electron chi connectivity index (χ0n) is 18.6. The molecule has 2 aliphatic rings. The van der Waals surface area contributed by atoms with Gasteiger partial charge in [-0.15, -0.1) is 0 Å². The first-order chi connectivity index (χ1) is 14.6. The third-order valence-electron chi connectivity index (χ3n) is 5.83. The van der Waals surface area contributed by atoms with E-state index in [0.29, 0.717) is 38.1 Å². The number of aryl methyl sites for hydroxylation is 1. The van der Waals surface area contributed by atoms with E-state index in [-0.39, 0.29) is 12.0 Å². The largest absolute Gasteiger partial charge is 0.488 e. The number of piperidine rings is 1. The lowest BCUT2D eigenvalue weighted by molar-refractivity contribution is -0.134. The second-order valence-electron chi connectivity index (χ2n) is 8.25. The molecule has 7 heteroatoms. The Kier molecular flexibility index (Phi) is 8.37. The van der Waals surface area contributed by atoms with Gasteiger partial charge in [0, 0.05) is 51.1 Å². The number of aliphatic imine (C=N–C) groups is 1. The molecule has 2 fully saturated rings. The number of ether oxygens (including phenoxy) is 2. The van der Waals surface area contributed by atoms with Gasteiger partial charge in [-0.2, -0.15) is 0 Å². The van der Waals surface area contributed by atoms with E-state index in [4.69, 9.17) is 9.47 Å². The average molecular weight is 417 g/mol. The van der Waals surface area contributed by atoms with Gasteiger partial charge in [0.1, 0.15) is 11.9 Å². The molecule has 0 aromatic heterocycles. The lowest BCUT2D eigenvalue weighted by Gasteiger charge is -2.33. The van der Waals surface area contributed by atoms with E-state index in [2.05, 4.69) is 47.7 Å². The molecule has 1 aromatic carbocycles. The van der Waals surface area contributed by atoms with Gasteiger partial charge in [0.2, 0.25) is 5.91 Å². The highest BCUT2D eigenvalue weighted by atomic mass is 16.5. The minimum atomic E-state index is 0.117. The molecule has 1 amide bonds. The third-order valence-corrected chi connectivity index (χ3v) is 5.83. The molecule has 2 atom stereocenters.